The average Bonchev–Trinajstić information content (AvgIpc) is 3.54. The van der Waals surface area contributed by atoms with Crippen molar-refractivity contribution in [2.24, 2.45) is 5.41 Å². The second-order valence-electron chi connectivity index (χ2n) is 12.1. The number of carbonyl (C=O) groups excluding carboxylic acids is 2. The summed E-state index contributed by atoms with van der Waals surface area (Å²) in [6, 6.07) is 16.1. The largest absolute Gasteiger partial charge is 0.495 e. The number of anilines is 4. The summed E-state index contributed by atoms with van der Waals surface area (Å²) in [5.41, 5.74) is 2.60. The van der Waals surface area contributed by atoms with E-state index in [1.54, 1.807) is 37.4 Å². The van der Waals surface area contributed by atoms with E-state index in [0.717, 1.165) is 25.1 Å². The third-order valence-electron chi connectivity index (χ3n) is 8.64. The molecule has 0 bridgehead atoms. The van der Waals surface area contributed by atoms with Crippen molar-refractivity contribution < 1.29 is 14.3 Å². The maximum atomic E-state index is 13.3. The first kappa shape index (κ1) is 27.1. The van der Waals surface area contributed by atoms with Crippen LogP contribution in [-0.2, 0) is 4.79 Å². The van der Waals surface area contributed by atoms with Gasteiger partial charge >= 0.3 is 0 Å². The zero-order valence-electron chi connectivity index (χ0n) is 24.2. The number of benzene rings is 2. The van der Waals surface area contributed by atoms with Gasteiger partial charge in [-0.15, -0.1) is 0 Å². The Balaban J connectivity index is 1.22. The minimum absolute atomic E-state index is 0.0559. The smallest absolute Gasteiger partial charge is 0.251 e. The van der Waals surface area contributed by atoms with Gasteiger partial charge in [0.2, 0.25) is 11.9 Å². The lowest BCUT2D eigenvalue weighted by atomic mass is 9.91. The molecule has 0 spiro atoms. The molecule has 2 fully saturated rings. The average molecular weight is 555 g/mol. The summed E-state index contributed by atoms with van der Waals surface area (Å²) in [4.78, 5) is 39.8. The molecule has 2 atom stereocenters. The predicted octanol–water partition coefficient (Wildman–Crippen LogP) is 5.27. The van der Waals surface area contributed by atoms with Crippen molar-refractivity contribution in [1.82, 2.24) is 15.3 Å². The SMILES string of the molecule is COc1cc(C(=O)NC2C[C@H]2c2ccccc2)ccc1Nc1ncc2c(n1)N(C1CCCC1)CC(C)(C)C(=O)N2C. The monoisotopic (exact) mass is 554 g/mol. The van der Waals surface area contributed by atoms with Crippen molar-refractivity contribution in [2.45, 2.75) is 64.0 Å². The first-order valence-corrected chi connectivity index (χ1v) is 14.5. The van der Waals surface area contributed by atoms with Crippen LogP contribution in [0.4, 0.5) is 23.1 Å². The van der Waals surface area contributed by atoms with Crippen molar-refractivity contribution in [3.8, 4) is 5.75 Å². The second kappa shape index (κ2) is 10.7. The molecular formula is C32H38N6O3. The molecule has 3 aromatic rings. The molecule has 0 radical (unpaired) electrons. The summed E-state index contributed by atoms with van der Waals surface area (Å²) < 4.78 is 5.65. The van der Waals surface area contributed by atoms with Gasteiger partial charge in [-0.05, 0) is 56.9 Å². The van der Waals surface area contributed by atoms with Crippen molar-refractivity contribution in [2.75, 3.05) is 35.8 Å². The van der Waals surface area contributed by atoms with Gasteiger partial charge in [0.1, 0.15) is 11.4 Å². The summed E-state index contributed by atoms with van der Waals surface area (Å²) in [5, 5.41) is 6.44. The minimum atomic E-state index is -0.549. The molecule has 0 saturated heterocycles. The Labute approximate surface area is 241 Å². The molecule has 1 aliphatic heterocycles. The zero-order valence-corrected chi connectivity index (χ0v) is 24.2. The molecule has 2 amide bonds. The Morgan fingerprint density at radius 1 is 1.10 bits per heavy atom. The molecule has 3 aliphatic rings. The number of amides is 2. The summed E-state index contributed by atoms with van der Waals surface area (Å²) >= 11 is 0. The molecule has 214 valence electrons. The third-order valence-corrected chi connectivity index (χ3v) is 8.64. The number of aromatic nitrogens is 2. The Morgan fingerprint density at radius 3 is 2.59 bits per heavy atom. The molecule has 2 N–H and O–H groups in total. The van der Waals surface area contributed by atoms with Crippen LogP contribution in [0.15, 0.2) is 54.7 Å². The van der Waals surface area contributed by atoms with Gasteiger partial charge in [0.05, 0.1) is 24.4 Å². The van der Waals surface area contributed by atoms with Gasteiger partial charge in [0, 0.05) is 37.2 Å². The predicted molar refractivity (Wildman–Crippen MR) is 160 cm³/mol. The van der Waals surface area contributed by atoms with E-state index < -0.39 is 5.41 Å². The molecule has 2 heterocycles. The van der Waals surface area contributed by atoms with Crippen LogP contribution in [0, 0.1) is 5.41 Å². The van der Waals surface area contributed by atoms with Crippen molar-refractivity contribution in [3.63, 3.8) is 0 Å². The quantitative estimate of drug-likeness (QED) is 0.411. The minimum Gasteiger partial charge on any atom is -0.495 e. The van der Waals surface area contributed by atoms with Crippen LogP contribution >= 0.6 is 0 Å². The second-order valence-corrected chi connectivity index (χ2v) is 12.1. The number of nitrogens with zero attached hydrogens (tertiary/aromatic N) is 4. The molecule has 2 saturated carbocycles. The number of methoxy groups -OCH3 is 1. The zero-order chi connectivity index (χ0) is 28.7. The number of ether oxygens (including phenoxy) is 1. The highest BCUT2D eigenvalue weighted by Crippen LogP contribution is 2.42. The summed E-state index contributed by atoms with van der Waals surface area (Å²) in [7, 11) is 3.38. The van der Waals surface area contributed by atoms with Gasteiger partial charge in [0.25, 0.3) is 5.91 Å². The van der Waals surface area contributed by atoms with Crippen molar-refractivity contribution in [3.05, 3.63) is 65.9 Å². The fraction of sp³-hybridized carbons (Fsp3) is 0.438. The van der Waals surface area contributed by atoms with Crippen LogP contribution in [0.25, 0.3) is 0 Å². The number of nitrogens with one attached hydrogen (secondary N) is 2. The number of fused-ring (bicyclic) bond motifs is 1. The third kappa shape index (κ3) is 5.33. The number of rotatable bonds is 7. The Bertz CT molecular complexity index is 1450. The van der Waals surface area contributed by atoms with Crippen molar-refractivity contribution in [1.29, 1.82) is 0 Å². The van der Waals surface area contributed by atoms with E-state index in [9.17, 15) is 9.59 Å². The van der Waals surface area contributed by atoms with Crippen LogP contribution in [0.2, 0.25) is 0 Å². The molecule has 2 aliphatic carbocycles. The Kier molecular flexibility index (Phi) is 7.05. The summed E-state index contributed by atoms with van der Waals surface area (Å²) in [6.07, 6.45) is 7.20. The van der Waals surface area contributed by atoms with E-state index in [1.807, 2.05) is 38.1 Å². The van der Waals surface area contributed by atoms with Gasteiger partial charge in [-0.1, -0.05) is 43.2 Å². The van der Waals surface area contributed by atoms with E-state index in [2.05, 4.69) is 32.7 Å². The van der Waals surface area contributed by atoms with Gasteiger partial charge in [-0.2, -0.15) is 4.98 Å². The first-order chi connectivity index (χ1) is 19.7. The summed E-state index contributed by atoms with van der Waals surface area (Å²) in [6.45, 7) is 4.60. The molecule has 9 heteroatoms. The lowest BCUT2D eigenvalue weighted by Gasteiger charge is -2.34. The molecular weight excluding hydrogens is 516 g/mol. The van der Waals surface area contributed by atoms with Crippen LogP contribution < -0.4 is 25.2 Å². The van der Waals surface area contributed by atoms with E-state index in [4.69, 9.17) is 9.72 Å². The fourth-order valence-corrected chi connectivity index (χ4v) is 6.26. The number of hydrogen-bond donors (Lipinski definition) is 2. The van der Waals surface area contributed by atoms with E-state index >= 15 is 0 Å². The number of carbonyl (C=O) groups is 2. The van der Waals surface area contributed by atoms with Gasteiger partial charge in [-0.25, -0.2) is 4.98 Å². The van der Waals surface area contributed by atoms with E-state index in [1.165, 1.54) is 18.4 Å². The highest BCUT2D eigenvalue weighted by molar-refractivity contribution is 6.01. The topological polar surface area (TPSA) is 99.7 Å². The highest BCUT2D eigenvalue weighted by atomic mass is 16.5. The van der Waals surface area contributed by atoms with Crippen LogP contribution in [0.5, 0.6) is 5.75 Å². The van der Waals surface area contributed by atoms with E-state index in [-0.39, 0.29) is 17.9 Å². The van der Waals surface area contributed by atoms with Crippen molar-refractivity contribution >= 4 is 35.0 Å². The normalized spacial score (nSPS) is 21.7. The fourth-order valence-electron chi connectivity index (χ4n) is 6.26. The van der Waals surface area contributed by atoms with Gasteiger partial charge < -0.3 is 25.2 Å². The first-order valence-electron chi connectivity index (χ1n) is 14.5. The lowest BCUT2D eigenvalue weighted by molar-refractivity contribution is -0.125. The van der Waals surface area contributed by atoms with Crippen LogP contribution in [0.1, 0.15) is 67.8 Å². The lowest BCUT2D eigenvalue weighted by Crippen LogP contribution is -2.45. The molecule has 6 rings (SSSR count). The van der Waals surface area contributed by atoms with Gasteiger partial charge in [0.15, 0.2) is 5.82 Å². The van der Waals surface area contributed by atoms with Gasteiger partial charge in [-0.3, -0.25) is 9.59 Å². The molecule has 2 aromatic carbocycles. The Morgan fingerprint density at radius 2 is 1.85 bits per heavy atom. The molecule has 1 unspecified atom stereocenters. The maximum absolute atomic E-state index is 13.3. The van der Waals surface area contributed by atoms with E-state index in [0.29, 0.717) is 47.1 Å². The highest BCUT2D eigenvalue weighted by Gasteiger charge is 2.42. The summed E-state index contributed by atoms with van der Waals surface area (Å²) in [5.74, 6) is 1.99. The molecule has 9 nitrogen and oxygen atoms in total. The molecule has 1 aromatic heterocycles. The van der Waals surface area contributed by atoms with Crippen LogP contribution in [0.3, 0.4) is 0 Å². The Hall–Kier alpha value is -4.14. The molecule has 41 heavy (non-hydrogen) atoms. The number of hydrogen-bond acceptors (Lipinski definition) is 7. The van der Waals surface area contributed by atoms with Crippen LogP contribution in [-0.4, -0.2) is 54.6 Å². The standard InChI is InChI=1S/C32H38N6O3/c1-32(2)19-38(22-12-8-9-13-22)28-26(37(3)30(32)40)18-33-31(36-28)35-24-15-14-21(16-27(24)41-4)29(39)34-25-17-23(25)20-10-6-5-7-11-20/h5-7,10-11,14-16,18,22-23,25H,8-9,12-13,17,19H2,1-4H3,(H,34,39)(H,33,35,36)/t23-,25?/m0/s1. The maximum Gasteiger partial charge on any atom is 0.251 e.